The van der Waals surface area contributed by atoms with Crippen molar-refractivity contribution in [2.75, 3.05) is 11.9 Å². The van der Waals surface area contributed by atoms with Gasteiger partial charge >= 0.3 is 5.97 Å². The average Bonchev–Trinajstić information content (AvgIpc) is 2.61. The van der Waals surface area contributed by atoms with E-state index in [4.69, 9.17) is 32.7 Å². The lowest BCUT2D eigenvalue weighted by molar-refractivity contribution is -0.122. The van der Waals surface area contributed by atoms with Crippen molar-refractivity contribution < 1.29 is 19.1 Å². The van der Waals surface area contributed by atoms with E-state index >= 15 is 0 Å². The molecule has 1 N–H and O–H groups in total. The van der Waals surface area contributed by atoms with Gasteiger partial charge in [-0.2, -0.15) is 0 Å². The highest BCUT2D eigenvalue weighted by Gasteiger charge is 2.20. The Morgan fingerprint density at radius 1 is 1.12 bits per heavy atom. The third kappa shape index (κ3) is 5.38. The van der Waals surface area contributed by atoms with Crippen molar-refractivity contribution in [3.63, 3.8) is 0 Å². The van der Waals surface area contributed by atoms with Gasteiger partial charge in [0.25, 0.3) is 5.91 Å². The van der Waals surface area contributed by atoms with Crippen molar-refractivity contribution in [3.8, 4) is 5.75 Å². The Morgan fingerprint density at radius 2 is 1.88 bits per heavy atom. The first-order valence-corrected chi connectivity index (χ1v) is 8.90. The normalized spacial score (nSPS) is 11.5. The maximum atomic E-state index is 12.5. The van der Waals surface area contributed by atoms with E-state index < -0.39 is 12.1 Å². The molecule has 2 aromatic rings. The van der Waals surface area contributed by atoms with Crippen LogP contribution >= 0.6 is 23.2 Å². The van der Waals surface area contributed by atoms with Crippen molar-refractivity contribution >= 4 is 40.8 Å². The summed E-state index contributed by atoms with van der Waals surface area (Å²) in [6, 6.07) is 11.4. The summed E-state index contributed by atoms with van der Waals surface area (Å²) >= 11 is 12.1. The van der Waals surface area contributed by atoms with Crippen LogP contribution in [0.4, 0.5) is 5.69 Å². The Morgan fingerprint density at radius 3 is 2.50 bits per heavy atom. The zero-order valence-corrected chi connectivity index (χ0v) is 15.9. The Labute approximate surface area is 162 Å². The molecular formula is C19H19Cl2NO4. The topological polar surface area (TPSA) is 64.6 Å². The second kappa shape index (κ2) is 9.46. The standard InChI is InChI=1S/C19H19Cl2NO4/c1-3-17(26-14-7-5-6-13(20)11-14)18(23)22-16-9-8-12(10-15(16)21)19(24)25-4-2/h5-11,17H,3-4H2,1-2H3,(H,22,23)/t17-/m1/s1. The van der Waals surface area contributed by atoms with Gasteiger partial charge in [0.2, 0.25) is 0 Å². The Bertz CT molecular complexity index is 795. The van der Waals surface area contributed by atoms with Crippen LogP contribution in [0.3, 0.4) is 0 Å². The molecule has 0 aromatic heterocycles. The molecule has 0 aliphatic rings. The number of carbonyl (C=O) groups excluding carboxylic acids is 2. The van der Waals surface area contributed by atoms with Crippen molar-refractivity contribution in [2.45, 2.75) is 26.4 Å². The van der Waals surface area contributed by atoms with E-state index in [1.54, 1.807) is 37.3 Å². The number of nitrogens with one attached hydrogen (secondary N) is 1. The highest BCUT2D eigenvalue weighted by atomic mass is 35.5. The van der Waals surface area contributed by atoms with Gasteiger partial charge in [0, 0.05) is 5.02 Å². The lowest BCUT2D eigenvalue weighted by Crippen LogP contribution is -2.32. The molecule has 0 aliphatic heterocycles. The van der Waals surface area contributed by atoms with Crippen LogP contribution in [0.5, 0.6) is 5.75 Å². The fraction of sp³-hybridized carbons (Fsp3) is 0.263. The summed E-state index contributed by atoms with van der Waals surface area (Å²) in [4.78, 5) is 24.2. The van der Waals surface area contributed by atoms with Crippen LogP contribution in [0, 0.1) is 0 Å². The molecule has 5 nitrogen and oxygen atoms in total. The molecular weight excluding hydrogens is 377 g/mol. The van der Waals surface area contributed by atoms with Gasteiger partial charge in [-0.1, -0.05) is 36.2 Å². The van der Waals surface area contributed by atoms with E-state index in [9.17, 15) is 9.59 Å². The number of benzene rings is 2. The first-order valence-electron chi connectivity index (χ1n) is 8.14. The van der Waals surface area contributed by atoms with E-state index in [2.05, 4.69) is 5.32 Å². The number of carbonyl (C=O) groups is 2. The van der Waals surface area contributed by atoms with Crippen molar-refractivity contribution in [3.05, 3.63) is 58.1 Å². The number of hydrogen-bond donors (Lipinski definition) is 1. The Hall–Kier alpha value is -2.24. The Kier molecular flexibility index (Phi) is 7.30. The van der Waals surface area contributed by atoms with Gasteiger partial charge in [-0.05, 0) is 49.7 Å². The molecule has 0 spiro atoms. The number of rotatable bonds is 7. The van der Waals surface area contributed by atoms with Crippen LogP contribution in [0.25, 0.3) is 0 Å². The summed E-state index contributed by atoms with van der Waals surface area (Å²) in [7, 11) is 0. The van der Waals surface area contributed by atoms with E-state index in [0.29, 0.717) is 28.4 Å². The predicted molar refractivity (Wildman–Crippen MR) is 102 cm³/mol. The van der Waals surface area contributed by atoms with Crippen molar-refractivity contribution in [1.82, 2.24) is 0 Å². The molecule has 0 unspecified atom stereocenters. The summed E-state index contributed by atoms with van der Waals surface area (Å²) in [5.41, 5.74) is 0.704. The van der Waals surface area contributed by atoms with Crippen LogP contribution in [0.15, 0.2) is 42.5 Å². The van der Waals surface area contributed by atoms with Crippen LogP contribution in [0.2, 0.25) is 10.0 Å². The number of hydrogen-bond acceptors (Lipinski definition) is 4. The number of esters is 1. The lowest BCUT2D eigenvalue weighted by atomic mass is 10.2. The molecule has 7 heteroatoms. The van der Waals surface area contributed by atoms with Crippen molar-refractivity contribution in [1.29, 1.82) is 0 Å². The molecule has 26 heavy (non-hydrogen) atoms. The molecule has 0 saturated heterocycles. The molecule has 0 heterocycles. The maximum absolute atomic E-state index is 12.5. The molecule has 1 atom stereocenters. The van der Waals surface area contributed by atoms with Crippen LogP contribution < -0.4 is 10.1 Å². The van der Waals surface area contributed by atoms with Gasteiger partial charge in [-0.25, -0.2) is 4.79 Å². The third-order valence-corrected chi connectivity index (χ3v) is 4.02. The summed E-state index contributed by atoms with van der Waals surface area (Å²) in [6.45, 7) is 3.83. The zero-order valence-electron chi connectivity index (χ0n) is 14.4. The average molecular weight is 396 g/mol. The van der Waals surface area contributed by atoms with E-state index in [0.717, 1.165) is 0 Å². The monoisotopic (exact) mass is 395 g/mol. The van der Waals surface area contributed by atoms with Crippen LogP contribution in [-0.2, 0) is 9.53 Å². The first kappa shape index (κ1) is 20.1. The fourth-order valence-electron chi connectivity index (χ4n) is 2.20. The molecule has 2 aromatic carbocycles. The highest BCUT2D eigenvalue weighted by Crippen LogP contribution is 2.25. The number of ether oxygens (including phenoxy) is 2. The van der Waals surface area contributed by atoms with Gasteiger partial charge in [-0.15, -0.1) is 0 Å². The molecule has 0 fully saturated rings. The van der Waals surface area contributed by atoms with Crippen LogP contribution in [0.1, 0.15) is 30.6 Å². The van der Waals surface area contributed by atoms with E-state index in [1.807, 2.05) is 6.92 Å². The Balaban J connectivity index is 2.08. The quantitative estimate of drug-likeness (QED) is 0.672. The largest absolute Gasteiger partial charge is 0.481 e. The minimum Gasteiger partial charge on any atom is -0.481 e. The summed E-state index contributed by atoms with van der Waals surface area (Å²) in [5.74, 6) is -0.315. The van der Waals surface area contributed by atoms with Crippen LogP contribution in [-0.4, -0.2) is 24.6 Å². The van der Waals surface area contributed by atoms with Crippen molar-refractivity contribution in [2.24, 2.45) is 0 Å². The van der Waals surface area contributed by atoms with Gasteiger partial charge in [0.1, 0.15) is 5.75 Å². The van der Waals surface area contributed by atoms with Gasteiger partial charge in [0.05, 0.1) is 22.9 Å². The second-order valence-corrected chi connectivity index (χ2v) is 6.22. The van der Waals surface area contributed by atoms with E-state index in [1.165, 1.54) is 12.1 Å². The first-order chi connectivity index (χ1) is 12.4. The summed E-state index contributed by atoms with van der Waals surface area (Å²) in [5, 5.41) is 3.47. The van der Waals surface area contributed by atoms with Gasteiger partial charge in [0.15, 0.2) is 6.10 Å². The third-order valence-electron chi connectivity index (χ3n) is 3.48. The number of amides is 1. The highest BCUT2D eigenvalue weighted by molar-refractivity contribution is 6.34. The number of halogens is 2. The second-order valence-electron chi connectivity index (χ2n) is 5.38. The molecule has 0 aliphatic carbocycles. The molecule has 0 bridgehead atoms. The molecule has 1 amide bonds. The minimum atomic E-state index is -0.714. The fourth-order valence-corrected chi connectivity index (χ4v) is 2.61. The lowest BCUT2D eigenvalue weighted by Gasteiger charge is -2.18. The molecule has 0 saturated carbocycles. The van der Waals surface area contributed by atoms with Gasteiger partial charge in [-0.3, -0.25) is 4.79 Å². The predicted octanol–water partition coefficient (Wildman–Crippen LogP) is 4.97. The van der Waals surface area contributed by atoms with E-state index in [-0.39, 0.29) is 17.5 Å². The maximum Gasteiger partial charge on any atom is 0.338 e. The summed E-state index contributed by atoms with van der Waals surface area (Å²) < 4.78 is 10.6. The zero-order chi connectivity index (χ0) is 19.1. The SMILES string of the molecule is CCOC(=O)c1ccc(NC(=O)[C@@H](CC)Oc2cccc(Cl)c2)c(Cl)c1. The molecule has 2 rings (SSSR count). The summed E-state index contributed by atoms with van der Waals surface area (Å²) in [6.07, 6.45) is -0.258. The number of anilines is 1. The van der Waals surface area contributed by atoms with Gasteiger partial charge < -0.3 is 14.8 Å². The molecule has 138 valence electrons. The molecule has 0 radical (unpaired) electrons. The smallest absolute Gasteiger partial charge is 0.338 e. The minimum absolute atomic E-state index is 0.238.